The van der Waals surface area contributed by atoms with Crippen molar-refractivity contribution in [2.75, 3.05) is 6.61 Å². The highest BCUT2D eigenvalue weighted by molar-refractivity contribution is 5.87. The number of esters is 1. The maximum absolute atomic E-state index is 13.5. The highest BCUT2D eigenvalue weighted by atomic mass is 16.5. The first-order valence-electron chi connectivity index (χ1n) is 10.6. The van der Waals surface area contributed by atoms with Gasteiger partial charge in [0.1, 0.15) is 12.4 Å². The number of aliphatic hydroxyl groups excluding tert-OH is 1. The van der Waals surface area contributed by atoms with E-state index in [-0.39, 0.29) is 34.7 Å². The molecule has 0 spiro atoms. The van der Waals surface area contributed by atoms with Gasteiger partial charge in [0, 0.05) is 23.8 Å². The van der Waals surface area contributed by atoms with E-state index in [0.29, 0.717) is 30.6 Å². The third-order valence-electron chi connectivity index (χ3n) is 8.87. The van der Waals surface area contributed by atoms with Gasteiger partial charge in [-0.15, -0.1) is 0 Å². The lowest BCUT2D eigenvalue weighted by molar-refractivity contribution is -0.146. The van der Waals surface area contributed by atoms with Gasteiger partial charge in [-0.25, -0.2) is 4.79 Å². The Kier molecular flexibility index (Phi) is 3.79. The zero-order valence-corrected chi connectivity index (χ0v) is 16.4. The Labute approximate surface area is 161 Å². The third-order valence-corrected chi connectivity index (χ3v) is 8.87. The van der Waals surface area contributed by atoms with Crippen LogP contribution in [0.25, 0.3) is 0 Å². The quantitative estimate of drug-likeness (QED) is 0.566. The maximum Gasteiger partial charge on any atom is 0.331 e. The number of cyclic esters (lactones) is 1. The van der Waals surface area contributed by atoms with Gasteiger partial charge in [0.15, 0.2) is 0 Å². The highest BCUT2D eigenvalue weighted by Crippen LogP contribution is 2.65. The smallest absolute Gasteiger partial charge is 0.331 e. The Hall–Kier alpha value is -1.42. The number of hydrogen-bond acceptors (Lipinski definition) is 4. The lowest BCUT2D eigenvalue weighted by atomic mass is 9.45. The number of Topliss-reactive ketones (excluding diaryl/α,β-unsaturated/α-hetero) is 1. The summed E-state index contributed by atoms with van der Waals surface area (Å²) < 4.78 is 5.17. The standard InChI is InChI=1S/C23H30O4/c1-22-8-7-15(24)10-14(22)3-4-16-18-6-5-17(13-9-20(26)27-12-13)23(18,2)11-19(25)21(16)22/h6,9,14-17,21,24H,3-5,7-8,10-12H2,1-2H3/t14-,15+,16+,17-,21-,22+,23-/m1/s1. The van der Waals surface area contributed by atoms with Gasteiger partial charge in [0.2, 0.25) is 0 Å². The molecule has 0 aromatic rings. The van der Waals surface area contributed by atoms with Crippen molar-refractivity contribution in [1.82, 2.24) is 0 Å². The first-order chi connectivity index (χ1) is 12.8. The van der Waals surface area contributed by atoms with Gasteiger partial charge < -0.3 is 9.84 Å². The van der Waals surface area contributed by atoms with Crippen LogP contribution in [-0.2, 0) is 14.3 Å². The number of hydrogen-bond donors (Lipinski definition) is 1. The fourth-order valence-electron chi connectivity index (χ4n) is 7.55. The average molecular weight is 370 g/mol. The lowest BCUT2D eigenvalue weighted by Gasteiger charge is -2.58. The molecular formula is C23H30O4. The summed E-state index contributed by atoms with van der Waals surface area (Å²) in [4.78, 5) is 25.1. The van der Waals surface area contributed by atoms with Gasteiger partial charge in [-0.2, -0.15) is 0 Å². The number of rotatable bonds is 1. The molecule has 3 fully saturated rings. The maximum atomic E-state index is 13.5. The summed E-state index contributed by atoms with van der Waals surface area (Å²) in [5.74, 6) is 1.32. The van der Waals surface area contributed by atoms with Crippen molar-refractivity contribution in [2.45, 2.75) is 64.9 Å². The molecule has 0 saturated heterocycles. The van der Waals surface area contributed by atoms with Crippen molar-refractivity contribution in [1.29, 1.82) is 0 Å². The zero-order chi connectivity index (χ0) is 19.0. The zero-order valence-electron chi connectivity index (χ0n) is 16.4. The van der Waals surface area contributed by atoms with E-state index in [0.717, 1.165) is 44.1 Å². The van der Waals surface area contributed by atoms with Crippen LogP contribution in [0.2, 0.25) is 0 Å². The largest absolute Gasteiger partial charge is 0.458 e. The van der Waals surface area contributed by atoms with Crippen LogP contribution in [0.5, 0.6) is 0 Å². The fourth-order valence-corrected chi connectivity index (χ4v) is 7.55. The molecule has 27 heavy (non-hydrogen) atoms. The van der Waals surface area contributed by atoms with E-state index in [2.05, 4.69) is 19.9 Å². The molecule has 0 unspecified atom stereocenters. The first kappa shape index (κ1) is 17.7. The minimum atomic E-state index is -0.240. The molecule has 5 rings (SSSR count). The van der Waals surface area contributed by atoms with Crippen LogP contribution in [0.1, 0.15) is 58.8 Å². The van der Waals surface area contributed by atoms with Crippen molar-refractivity contribution >= 4 is 11.8 Å². The van der Waals surface area contributed by atoms with Gasteiger partial charge in [-0.3, -0.25) is 4.79 Å². The summed E-state index contributed by atoms with van der Waals surface area (Å²) in [7, 11) is 0. The van der Waals surface area contributed by atoms with Gasteiger partial charge in [-0.05, 0) is 67.3 Å². The lowest BCUT2D eigenvalue weighted by Crippen LogP contribution is -2.55. The number of ether oxygens (including phenoxy) is 1. The summed E-state index contributed by atoms with van der Waals surface area (Å²) >= 11 is 0. The van der Waals surface area contributed by atoms with Crippen LogP contribution in [0.15, 0.2) is 23.3 Å². The number of carbonyl (C=O) groups excluding carboxylic acids is 2. The summed E-state index contributed by atoms with van der Waals surface area (Å²) in [6.07, 6.45) is 10.2. The van der Waals surface area contributed by atoms with Crippen molar-refractivity contribution in [2.24, 2.45) is 34.5 Å². The number of carbonyl (C=O) groups is 2. The molecule has 4 heteroatoms. The van der Waals surface area contributed by atoms with Crippen LogP contribution in [0.3, 0.4) is 0 Å². The van der Waals surface area contributed by atoms with E-state index in [1.165, 1.54) is 5.57 Å². The van der Waals surface area contributed by atoms with Gasteiger partial charge in [-0.1, -0.05) is 25.5 Å². The minimum absolute atomic E-state index is 0.0329. The molecule has 4 aliphatic carbocycles. The van der Waals surface area contributed by atoms with E-state index < -0.39 is 0 Å². The van der Waals surface area contributed by atoms with Crippen molar-refractivity contribution < 1.29 is 19.4 Å². The minimum Gasteiger partial charge on any atom is -0.458 e. The fraction of sp³-hybridized carbons (Fsp3) is 0.739. The van der Waals surface area contributed by atoms with E-state index >= 15 is 0 Å². The Morgan fingerprint density at radius 1 is 1.19 bits per heavy atom. The molecule has 0 bridgehead atoms. The second kappa shape index (κ2) is 5.79. The van der Waals surface area contributed by atoms with Crippen LogP contribution in [0.4, 0.5) is 0 Å². The van der Waals surface area contributed by atoms with Crippen molar-refractivity contribution in [3.8, 4) is 0 Å². The number of fused-ring (bicyclic) bond motifs is 5. The molecule has 1 heterocycles. The highest BCUT2D eigenvalue weighted by Gasteiger charge is 2.61. The molecule has 3 saturated carbocycles. The Morgan fingerprint density at radius 3 is 2.74 bits per heavy atom. The Balaban J connectivity index is 1.49. The first-order valence-corrected chi connectivity index (χ1v) is 10.6. The molecule has 146 valence electrons. The summed E-state index contributed by atoms with van der Waals surface area (Å²) in [5.41, 5.74) is 2.42. The number of aliphatic hydroxyl groups is 1. The molecule has 1 aliphatic heterocycles. The number of ketones is 1. The topological polar surface area (TPSA) is 63.6 Å². The summed E-state index contributed by atoms with van der Waals surface area (Å²) in [5, 5.41) is 10.2. The summed E-state index contributed by atoms with van der Waals surface area (Å²) in [6.45, 7) is 4.95. The second-order valence-electron chi connectivity index (χ2n) is 10.1. The molecule has 5 aliphatic rings. The molecule has 4 nitrogen and oxygen atoms in total. The van der Waals surface area contributed by atoms with Gasteiger partial charge >= 0.3 is 5.97 Å². The molecule has 0 radical (unpaired) electrons. The van der Waals surface area contributed by atoms with Crippen LogP contribution in [-0.4, -0.2) is 29.6 Å². The van der Waals surface area contributed by atoms with Crippen molar-refractivity contribution in [3.63, 3.8) is 0 Å². The number of allylic oxidation sites excluding steroid dienone is 2. The summed E-state index contributed by atoms with van der Waals surface area (Å²) in [6, 6.07) is 0. The Morgan fingerprint density at radius 2 is 2.00 bits per heavy atom. The van der Waals surface area contributed by atoms with Crippen molar-refractivity contribution in [3.05, 3.63) is 23.3 Å². The second-order valence-corrected chi connectivity index (χ2v) is 10.1. The van der Waals surface area contributed by atoms with E-state index in [9.17, 15) is 14.7 Å². The SMILES string of the molecule is C[C@]12CC[C@H](O)C[C@H]1CC[C@H]1C3=CC[C@H](C4=CC(=O)OC4)[C@@]3(C)CC(=O)[C@@H]12. The molecule has 1 N–H and O–H groups in total. The van der Waals surface area contributed by atoms with E-state index in [1.807, 2.05) is 0 Å². The van der Waals surface area contributed by atoms with E-state index in [1.54, 1.807) is 6.08 Å². The monoisotopic (exact) mass is 370 g/mol. The van der Waals surface area contributed by atoms with E-state index in [4.69, 9.17) is 4.74 Å². The predicted octanol–water partition coefficient (Wildman–Crippen LogP) is 3.59. The Bertz CT molecular complexity index is 764. The predicted molar refractivity (Wildman–Crippen MR) is 101 cm³/mol. The van der Waals surface area contributed by atoms with Crippen LogP contribution < -0.4 is 0 Å². The molecule has 0 aromatic heterocycles. The normalized spacial score (nSPS) is 48.9. The van der Waals surface area contributed by atoms with Crippen LogP contribution >= 0.6 is 0 Å². The van der Waals surface area contributed by atoms with Gasteiger partial charge in [0.05, 0.1) is 6.10 Å². The van der Waals surface area contributed by atoms with Crippen LogP contribution in [0, 0.1) is 34.5 Å². The third kappa shape index (κ3) is 2.38. The molecular weight excluding hydrogens is 340 g/mol. The molecule has 7 atom stereocenters. The molecule has 0 aromatic carbocycles. The average Bonchev–Trinajstić information content (AvgIpc) is 3.17. The van der Waals surface area contributed by atoms with Gasteiger partial charge in [0.25, 0.3) is 0 Å². The molecule has 0 amide bonds.